The molecule has 3 saturated heterocycles. The normalized spacial score (nSPS) is 31.3. The van der Waals surface area contributed by atoms with Gasteiger partial charge in [-0.3, -0.25) is 19.3 Å². The van der Waals surface area contributed by atoms with Crippen molar-refractivity contribution >= 4 is 30.1 Å². The van der Waals surface area contributed by atoms with Gasteiger partial charge in [-0.25, -0.2) is 0 Å². The van der Waals surface area contributed by atoms with Crippen molar-refractivity contribution < 1.29 is 19.1 Å². The fourth-order valence-electron chi connectivity index (χ4n) is 3.80. The summed E-state index contributed by atoms with van der Waals surface area (Å²) in [5, 5.41) is 2.98. The smallest absolute Gasteiger partial charge is 0.235 e. The molecule has 0 spiro atoms. The average molecular weight is 346 g/mol. The van der Waals surface area contributed by atoms with Gasteiger partial charge in [0.1, 0.15) is 0 Å². The quantitative estimate of drug-likeness (QED) is 0.665. The number of nitrogens with one attached hydrogen (secondary N) is 1. The first-order chi connectivity index (χ1) is 10.5. The molecule has 0 aromatic heterocycles. The van der Waals surface area contributed by atoms with Gasteiger partial charge in [0.05, 0.1) is 24.0 Å². The topological polar surface area (TPSA) is 79.0 Å². The third-order valence-electron chi connectivity index (χ3n) is 5.05. The molecule has 0 radical (unpaired) electrons. The van der Waals surface area contributed by atoms with Crippen LogP contribution in [0.25, 0.3) is 0 Å². The highest BCUT2D eigenvalue weighted by Crippen LogP contribution is 2.48. The van der Waals surface area contributed by atoms with Crippen LogP contribution in [0.5, 0.6) is 0 Å². The van der Waals surface area contributed by atoms with E-state index in [4.69, 9.17) is 4.74 Å². The van der Waals surface area contributed by atoms with Gasteiger partial charge in [-0.1, -0.05) is 0 Å². The third kappa shape index (κ3) is 3.09. The van der Waals surface area contributed by atoms with Gasteiger partial charge in [0.2, 0.25) is 17.7 Å². The molecule has 1 N–H and O–H groups in total. The Bertz CT molecular complexity index is 473. The second kappa shape index (κ2) is 7.15. The van der Waals surface area contributed by atoms with E-state index in [1.54, 1.807) is 11.9 Å². The molecule has 3 amide bonds. The molecule has 2 bridgehead atoms. The van der Waals surface area contributed by atoms with Crippen LogP contribution in [0.1, 0.15) is 19.3 Å². The van der Waals surface area contributed by atoms with Crippen molar-refractivity contribution in [2.75, 3.05) is 33.7 Å². The predicted octanol–water partition coefficient (Wildman–Crippen LogP) is -0.361. The number of nitrogens with zero attached hydrogens (tertiary/aromatic N) is 2. The van der Waals surface area contributed by atoms with Crippen LogP contribution in [0.3, 0.4) is 0 Å². The number of hydrogen-bond donors (Lipinski definition) is 1. The minimum atomic E-state index is -0.302. The molecule has 3 aliphatic rings. The first kappa shape index (κ1) is 18.2. The summed E-state index contributed by atoms with van der Waals surface area (Å²) in [4.78, 5) is 39.8. The summed E-state index contributed by atoms with van der Waals surface area (Å²) in [7, 11) is 3.56. The van der Waals surface area contributed by atoms with E-state index in [0.29, 0.717) is 13.1 Å². The zero-order valence-electron chi connectivity index (χ0n) is 13.5. The highest BCUT2D eigenvalue weighted by molar-refractivity contribution is 6.06. The lowest BCUT2D eigenvalue weighted by atomic mass is 9.81. The number of rotatable bonds is 6. The summed E-state index contributed by atoms with van der Waals surface area (Å²) in [6, 6.07) is 0. The van der Waals surface area contributed by atoms with Gasteiger partial charge in [-0.15, -0.1) is 12.4 Å². The van der Waals surface area contributed by atoms with Crippen LogP contribution in [0, 0.1) is 11.8 Å². The Morgan fingerprint density at radius 2 is 1.83 bits per heavy atom. The standard InChI is InChI=1S/C15H23N3O4.ClH/c1-16-6-8-17(2)11(19)5-7-18-14(20)12-9-3-4-10(22-9)13(12)15(18)21;/h9-10,12-13,16H,3-8H2,1-2H3;1H. The Morgan fingerprint density at radius 3 is 2.35 bits per heavy atom. The summed E-state index contributed by atoms with van der Waals surface area (Å²) in [6.45, 7) is 1.52. The largest absolute Gasteiger partial charge is 0.373 e. The van der Waals surface area contributed by atoms with Gasteiger partial charge in [-0.2, -0.15) is 0 Å². The number of halogens is 1. The number of ether oxygens (including phenoxy) is 1. The average Bonchev–Trinajstić information content (AvgIpc) is 3.17. The van der Waals surface area contributed by atoms with Crippen LogP contribution in [-0.2, 0) is 19.1 Å². The van der Waals surface area contributed by atoms with E-state index in [1.807, 2.05) is 7.05 Å². The number of hydrogen-bond acceptors (Lipinski definition) is 5. The summed E-state index contributed by atoms with van der Waals surface area (Å²) >= 11 is 0. The predicted molar refractivity (Wildman–Crippen MR) is 85.0 cm³/mol. The minimum absolute atomic E-state index is 0. The van der Waals surface area contributed by atoms with Crippen LogP contribution in [0.4, 0.5) is 0 Å². The van der Waals surface area contributed by atoms with E-state index in [2.05, 4.69) is 5.32 Å². The summed E-state index contributed by atoms with van der Waals surface area (Å²) < 4.78 is 5.69. The van der Waals surface area contributed by atoms with Crippen molar-refractivity contribution in [1.29, 1.82) is 0 Å². The maximum Gasteiger partial charge on any atom is 0.235 e. The fraction of sp³-hybridized carbons (Fsp3) is 0.800. The second-order valence-electron chi connectivity index (χ2n) is 6.34. The SMILES string of the molecule is CNCCN(C)C(=O)CCN1C(=O)C2C3CCC(O3)C2C1=O.Cl. The highest BCUT2D eigenvalue weighted by Gasteiger charge is 2.62. The molecule has 3 aliphatic heterocycles. The maximum atomic E-state index is 12.4. The minimum Gasteiger partial charge on any atom is -0.373 e. The first-order valence-electron chi connectivity index (χ1n) is 7.94. The molecule has 4 atom stereocenters. The zero-order valence-corrected chi connectivity index (χ0v) is 14.3. The number of likely N-dealkylation sites (N-methyl/N-ethyl adjacent to an activating group) is 2. The maximum absolute atomic E-state index is 12.4. The van der Waals surface area contributed by atoms with Gasteiger partial charge in [-0.05, 0) is 19.9 Å². The molecule has 0 aromatic rings. The van der Waals surface area contributed by atoms with Crippen LogP contribution in [-0.4, -0.2) is 73.5 Å². The molecular weight excluding hydrogens is 322 g/mol. The Morgan fingerprint density at radius 1 is 1.26 bits per heavy atom. The fourth-order valence-corrected chi connectivity index (χ4v) is 3.80. The van der Waals surface area contributed by atoms with E-state index >= 15 is 0 Å². The first-order valence-corrected chi connectivity index (χ1v) is 7.94. The van der Waals surface area contributed by atoms with Gasteiger partial charge >= 0.3 is 0 Å². The van der Waals surface area contributed by atoms with Crippen LogP contribution in [0.2, 0.25) is 0 Å². The molecule has 4 unspecified atom stereocenters. The summed E-state index contributed by atoms with van der Waals surface area (Å²) in [6.07, 6.45) is 1.73. The van der Waals surface area contributed by atoms with Gasteiger partial charge in [0.15, 0.2) is 0 Å². The van der Waals surface area contributed by atoms with Crippen molar-refractivity contribution in [1.82, 2.24) is 15.1 Å². The Kier molecular flexibility index (Phi) is 5.65. The molecule has 0 aliphatic carbocycles. The molecule has 0 saturated carbocycles. The number of amides is 3. The highest BCUT2D eigenvalue weighted by atomic mass is 35.5. The van der Waals surface area contributed by atoms with E-state index in [0.717, 1.165) is 12.8 Å². The van der Waals surface area contributed by atoms with Crippen LogP contribution in [0.15, 0.2) is 0 Å². The van der Waals surface area contributed by atoms with Crippen molar-refractivity contribution in [3.05, 3.63) is 0 Å². The molecule has 130 valence electrons. The molecule has 3 rings (SSSR count). The lowest BCUT2D eigenvalue weighted by Crippen LogP contribution is -2.39. The van der Waals surface area contributed by atoms with Gasteiger partial charge < -0.3 is 15.0 Å². The molecule has 3 fully saturated rings. The number of likely N-dealkylation sites (tertiary alicyclic amines) is 1. The number of imide groups is 1. The van der Waals surface area contributed by atoms with Crippen LogP contribution >= 0.6 is 12.4 Å². The summed E-state index contributed by atoms with van der Waals surface area (Å²) in [5.74, 6) is -0.945. The van der Waals surface area contributed by atoms with E-state index in [9.17, 15) is 14.4 Å². The van der Waals surface area contributed by atoms with E-state index in [-0.39, 0.29) is 67.1 Å². The van der Waals surface area contributed by atoms with Gasteiger partial charge in [0, 0.05) is 33.1 Å². The second-order valence-corrected chi connectivity index (χ2v) is 6.34. The van der Waals surface area contributed by atoms with Crippen molar-refractivity contribution in [3.8, 4) is 0 Å². The van der Waals surface area contributed by atoms with Crippen molar-refractivity contribution in [2.45, 2.75) is 31.5 Å². The summed E-state index contributed by atoms with van der Waals surface area (Å²) in [5.41, 5.74) is 0. The van der Waals surface area contributed by atoms with Crippen LogP contribution < -0.4 is 5.32 Å². The van der Waals surface area contributed by atoms with E-state index < -0.39 is 0 Å². The number of carbonyl (C=O) groups excluding carboxylic acids is 3. The molecule has 7 nitrogen and oxygen atoms in total. The van der Waals surface area contributed by atoms with E-state index in [1.165, 1.54) is 4.90 Å². The number of fused-ring (bicyclic) bond motifs is 5. The molecular formula is C15H24ClN3O4. The van der Waals surface area contributed by atoms with Gasteiger partial charge in [0.25, 0.3) is 0 Å². The number of carbonyl (C=O) groups is 3. The Hall–Kier alpha value is -1.18. The molecule has 3 heterocycles. The lowest BCUT2D eigenvalue weighted by Gasteiger charge is -2.20. The molecule has 0 aromatic carbocycles. The lowest BCUT2D eigenvalue weighted by molar-refractivity contribution is -0.143. The molecule has 23 heavy (non-hydrogen) atoms. The van der Waals surface area contributed by atoms with Crippen molar-refractivity contribution in [3.63, 3.8) is 0 Å². The molecule has 8 heteroatoms. The third-order valence-corrected chi connectivity index (χ3v) is 5.05. The van der Waals surface area contributed by atoms with Crippen molar-refractivity contribution in [2.24, 2.45) is 11.8 Å². The Labute approximate surface area is 142 Å². The Balaban J connectivity index is 0.00000192. The zero-order chi connectivity index (χ0) is 15.9. The monoisotopic (exact) mass is 345 g/mol.